The highest BCUT2D eigenvalue weighted by molar-refractivity contribution is 5.37. The summed E-state index contributed by atoms with van der Waals surface area (Å²) in [6.45, 7) is 20.4. The Hall–Kier alpha value is -0.980. The summed E-state index contributed by atoms with van der Waals surface area (Å²) in [4.78, 5) is 2.44. The van der Waals surface area contributed by atoms with Crippen LogP contribution >= 0.6 is 0 Å². The van der Waals surface area contributed by atoms with Gasteiger partial charge in [-0.05, 0) is 73.7 Å². The molecule has 0 N–H and O–H groups in total. The van der Waals surface area contributed by atoms with Crippen LogP contribution in [0.4, 0.5) is 0 Å². The fraction of sp³-hybridized carbons (Fsp3) is 0.769. The molecule has 0 saturated heterocycles. The first-order valence-corrected chi connectivity index (χ1v) is 11.6. The van der Waals surface area contributed by atoms with Gasteiger partial charge in [-0.3, -0.25) is 0 Å². The molecule has 2 aliphatic carbocycles. The van der Waals surface area contributed by atoms with Crippen LogP contribution in [-0.2, 0) is 0 Å². The maximum Gasteiger partial charge on any atom is 0.0360 e. The topological polar surface area (TPSA) is 3.24 Å². The summed E-state index contributed by atoms with van der Waals surface area (Å²) in [7, 11) is 2.24. The zero-order chi connectivity index (χ0) is 20.1. The largest absolute Gasteiger partial charge is 0.371 e. The predicted octanol–water partition coefficient (Wildman–Crippen LogP) is 7.61. The van der Waals surface area contributed by atoms with E-state index in [1.807, 2.05) is 0 Å². The lowest BCUT2D eigenvalue weighted by Crippen LogP contribution is -2.41. The number of hydrogen-bond donors (Lipinski definition) is 0. The Labute approximate surface area is 170 Å². The highest BCUT2D eigenvalue weighted by atomic mass is 15.1. The summed E-state index contributed by atoms with van der Waals surface area (Å²) in [6, 6.07) is 0.616. The van der Waals surface area contributed by atoms with E-state index in [1.165, 1.54) is 50.5 Å². The summed E-state index contributed by atoms with van der Waals surface area (Å²) in [5, 5.41) is 0. The van der Waals surface area contributed by atoms with Crippen LogP contribution in [0.25, 0.3) is 0 Å². The van der Waals surface area contributed by atoms with Gasteiger partial charge in [-0.1, -0.05) is 72.3 Å². The maximum atomic E-state index is 4.41. The fourth-order valence-corrected chi connectivity index (χ4v) is 5.59. The third-order valence-electron chi connectivity index (χ3n) is 7.70. The smallest absolute Gasteiger partial charge is 0.0360 e. The Morgan fingerprint density at radius 2 is 1.59 bits per heavy atom. The van der Waals surface area contributed by atoms with E-state index in [9.17, 15) is 0 Å². The second-order valence-corrected chi connectivity index (χ2v) is 9.95. The lowest BCUT2D eigenvalue weighted by molar-refractivity contribution is 0.0912. The van der Waals surface area contributed by atoms with Gasteiger partial charge in [0.25, 0.3) is 0 Å². The second kappa shape index (κ2) is 9.99. The molecular weight excluding hydrogens is 326 g/mol. The van der Waals surface area contributed by atoms with Crippen LogP contribution in [-0.4, -0.2) is 18.0 Å². The van der Waals surface area contributed by atoms with Gasteiger partial charge in [0.05, 0.1) is 0 Å². The molecular formula is C26H45N. The lowest BCUT2D eigenvalue weighted by Gasteiger charge is -2.44. The van der Waals surface area contributed by atoms with Gasteiger partial charge in [-0.15, -0.1) is 0 Å². The first kappa shape index (κ1) is 22.3. The average Bonchev–Trinajstić information content (AvgIpc) is 2.65. The molecule has 27 heavy (non-hydrogen) atoms. The molecule has 0 aliphatic heterocycles. The van der Waals surface area contributed by atoms with Gasteiger partial charge in [0.2, 0.25) is 0 Å². The van der Waals surface area contributed by atoms with E-state index in [0.29, 0.717) is 12.0 Å². The van der Waals surface area contributed by atoms with Crippen molar-refractivity contribution >= 4 is 0 Å². The molecule has 2 fully saturated rings. The molecule has 0 aromatic heterocycles. The summed E-state index contributed by atoms with van der Waals surface area (Å²) < 4.78 is 0. The maximum absolute atomic E-state index is 4.41. The molecule has 2 rings (SSSR count). The van der Waals surface area contributed by atoms with Crippen molar-refractivity contribution in [2.75, 3.05) is 7.05 Å². The molecule has 1 nitrogen and oxygen atoms in total. The van der Waals surface area contributed by atoms with Crippen LogP contribution in [0.5, 0.6) is 0 Å². The molecule has 0 aromatic carbocycles. The predicted molar refractivity (Wildman–Crippen MR) is 121 cm³/mol. The van der Waals surface area contributed by atoms with E-state index < -0.39 is 0 Å². The monoisotopic (exact) mass is 371 g/mol. The van der Waals surface area contributed by atoms with Crippen LogP contribution < -0.4 is 0 Å². The Balaban J connectivity index is 1.94. The summed E-state index contributed by atoms with van der Waals surface area (Å²) in [6.07, 6.45) is 13.4. The molecule has 0 radical (unpaired) electrons. The first-order chi connectivity index (χ1) is 12.7. The minimum absolute atomic E-state index is 0.581. The summed E-state index contributed by atoms with van der Waals surface area (Å²) >= 11 is 0. The quantitative estimate of drug-likeness (QED) is 0.416. The van der Waals surface area contributed by atoms with Gasteiger partial charge in [-0.2, -0.15) is 0 Å². The van der Waals surface area contributed by atoms with Gasteiger partial charge in [0, 0.05) is 18.8 Å². The Morgan fingerprint density at radius 3 is 2.11 bits per heavy atom. The minimum Gasteiger partial charge on any atom is -0.371 e. The van der Waals surface area contributed by atoms with Crippen molar-refractivity contribution in [3.8, 4) is 0 Å². The highest BCUT2D eigenvalue weighted by Gasteiger charge is 2.35. The highest BCUT2D eigenvalue weighted by Crippen LogP contribution is 2.43. The van der Waals surface area contributed by atoms with Crippen molar-refractivity contribution in [1.82, 2.24) is 4.90 Å². The molecule has 2 aliphatic rings. The summed E-state index contributed by atoms with van der Waals surface area (Å²) in [5.41, 5.74) is 3.68. The molecule has 0 heterocycles. The molecule has 0 spiro atoms. The van der Waals surface area contributed by atoms with Gasteiger partial charge in [0.15, 0.2) is 0 Å². The Bertz CT molecular complexity index is 532. The molecule has 0 bridgehead atoms. The molecule has 2 saturated carbocycles. The number of nitrogens with zero attached hydrogens (tertiary/aromatic N) is 1. The third kappa shape index (κ3) is 5.75. The number of rotatable bonds is 7. The number of hydrogen-bond acceptors (Lipinski definition) is 1. The second-order valence-electron chi connectivity index (χ2n) is 9.95. The van der Waals surface area contributed by atoms with Crippen LogP contribution in [0.1, 0.15) is 86.0 Å². The Morgan fingerprint density at radius 1 is 1.00 bits per heavy atom. The van der Waals surface area contributed by atoms with Crippen molar-refractivity contribution in [3.63, 3.8) is 0 Å². The van der Waals surface area contributed by atoms with Gasteiger partial charge in [-0.25, -0.2) is 0 Å². The molecule has 0 aromatic rings. The van der Waals surface area contributed by atoms with Gasteiger partial charge >= 0.3 is 0 Å². The van der Waals surface area contributed by atoms with Crippen molar-refractivity contribution in [2.45, 2.75) is 92.0 Å². The SMILES string of the molecule is C=C(/C=C(\CC)C(C)C)C(=C)N(C)C1CCC(C2CCC(C)CC2)CC1C. The zero-order valence-electron chi connectivity index (χ0n) is 19.1. The number of likely N-dealkylation sites (N-methyl/N-ethyl adjacent to an activating group) is 1. The van der Waals surface area contributed by atoms with Crippen LogP contribution in [0, 0.1) is 29.6 Å². The molecule has 154 valence electrons. The first-order valence-electron chi connectivity index (χ1n) is 11.6. The van der Waals surface area contributed by atoms with E-state index in [1.54, 1.807) is 0 Å². The summed E-state index contributed by atoms with van der Waals surface area (Å²) in [5.74, 6) is 4.24. The van der Waals surface area contributed by atoms with Crippen LogP contribution in [0.2, 0.25) is 0 Å². The van der Waals surface area contributed by atoms with E-state index in [2.05, 4.69) is 65.8 Å². The van der Waals surface area contributed by atoms with Crippen molar-refractivity contribution in [1.29, 1.82) is 0 Å². The zero-order valence-corrected chi connectivity index (χ0v) is 19.1. The van der Waals surface area contributed by atoms with E-state index in [-0.39, 0.29) is 0 Å². The third-order valence-corrected chi connectivity index (χ3v) is 7.70. The normalized spacial score (nSPS) is 32.4. The standard InChI is InChI=1S/C26H45N/c1-9-23(18(2)3)16-20(5)22(7)27(8)26-15-14-25(17-21(26)6)24-12-10-19(4)11-13-24/h16,18-19,21,24-26H,5,7,9-15,17H2,1-4,6,8H3/b23-16+. The van der Waals surface area contributed by atoms with Gasteiger partial charge < -0.3 is 4.90 Å². The molecule has 1 heteroatoms. The van der Waals surface area contributed by atoms with Crippen LogP contribution in [0.3, 0.4) is 0 Å². The fourth-order valence-electron chi connectivity index (χ4n) is 5.59. The van der Waals surface area contributed by atoms with Gasteiger partial charge in [0.1, 0.15) is 0 Å². The van der Waals surface area contributed by atoms with Crippen molar-refractivity contribution in [3.05, 3.63) is 36.1 Å². The lowest BCUT2D eigenvalue weighted by atomic mass is 9.67. The van der Waals surface area contributed by atoms with E-state index in [4.69, 9.17) is 0 Å². The van der Waals surface area contributed by atoms with E-state index in [0.717, 1.165) is 41.4 Å². The Kier molecular flexibility index (Phi) is 8.25. The average molecular weight is 372 g/mol. The van der Waals surface area contributed by atoms with Crippen molar-refractivity contribution < 1.29 is 0 Å². The van der Waals surface area contributed by atoms with E-state index >= 15 is 0 Å². The van der Waals surface area contributed by atoms with Crippen molar-refractivity contribution in [2.24, 2.45) is 29.6 Å². The molecule has 3 unspecified atom stereocenters. The minimum atomic E-state index is 0.581. The molecule has 0 amide bonds. The van der Waals surface area contributed by atoms with Crippen LogP contribution in [0.15, 0.2) is 36.1 Å². The molecule has 3 atom stereocenters. The number of allylic oxidation sites excluding steroid dienone is 2.